The molecule has 2 amide bonds. The largest absolute Gasteiger partial charge is 0.416 e. The third kappa shape index (κ3) is 5.40. The highest BCUT2D eigenvalue weighted by Crippen LogP contribution is 2.59. The van der Waals surface area contributed by atoms with E-state index >= 15 is 0 Å². The summed E-state index contributed by atoms with van der Waals surface area (Å²) in [5, 5.41) is 2.70. The predicted octanol–water partition coefficient (Wildman–Crippen LogP) is 4.89. The highest BCUT2D eigenvalue weighted by Gasteiger charge is 2.58. The van der Waals surface area contributed by atoms with Crippen molar-refractivity contribution in [3.63, 3.8) is 0 Å². The second-order valence-corrected chi connectivity index (χ2v) is 9.36. The molecule has 7 heteroatoms. The fraction of sp³-hybridized carbons (Fsp3) is 0.462. The van der Waals surface area contributed by atoms with Gasteiger partial charge in [0.2, 0.25) is 11.8 Å². The zero-order valence-electron chi connectivity index (χ0n) is 18.8. The minimum Gasteiger partial charge on any atom is -0.352 e. The third-order valence-corrected chi connectivity index (χ3v) is 7.14. The van der Waals surface area contributed by atoms with Crippen LogP contribution in [0, 0.1) is 18.3 Å². The second kappa shape index (κ2) is 9.20. The molecule has 0 unspecified atom stereocenters. The number of amides is 2. The Bertz CT molecular complexity index is 1010. The molecule has 4 rings (SSSR count). The Morgan fingerprint density at radius 2 is 1.73 bits per heavy atom. The number of carbonyl (C=O) groups excluding carboxylic acids is 2. The van der Waals surface area contributed by atoms with Crippen LogP contribution in [0.15, 0.2) is 48.5 Å². The average Bonchev–Trinajstić information content (AvgIpc) is 3.50. The first-order valence-electron chi connectivity index (χ1n) is 11.4. The number of hydrogen-bond acceptors (Lipinski definition) is 2. The molecule has 1 spiro atoms. The van der Waals surface area contributed by atoms with Gasteiger partial charge in [-0.25, -0.2) is 0 Å². The molecule has 0 aromatic heterocycles. The first kappa shape index (κ1) is 23.3. The number of alkyl halides is 3. The molecule has 33 heavy (non-hydrogen) atoms. The lowest BCUT2D eigenvalue weighted by Crippen LogP contribution is -2.40. The summed E-state index contributed by atoms with van der Waals surface area (Å²) in [5.74, 6) is -0.234. The van der Waals surface area contributed by atoms with Gasteiger partial charge >= 0.3 is 6.18 Å². The maximum atomic E-state index is 13.2. The van der Waals surface area contributed by atoms with Crippen molar-refractivity contribution in [3.8, 4) is 0 Å². The third-order valence-electron chi connectivity index (χ3n) is 7.14. The number of nitrogens with zero attached hydrogens (tertiary/aromatic N) is 1. The van der Waals surface area contributed by atoms with Crippen LogP contribution < -0.4 is 5.32 Å². The molecule has 1 aliphatic carbocycles. The number of halogens is 3. The van der Waals surface area contributed by atoms with E-state index < -0.39 is 11.7 Å². The molecule has 1 atom stereocenters. The van der Waals surface area contributed by atoms with Crippen molar-refractivity contribution in [2.75, 3.05) is 13.1 Å². The number of rotatable bonds is 6. The molecular weight excluding hydrogens is 429 g/mol. The molecule has 1 saturated heterocycles. The highest BCUT2D eigenvalue weighted by molar-refractivity contribution is 5.83. The van der Waals surface area contributed by atoms with Crippen molar-refractivity contribution in [2.24, 2.45) is 11.3 Å². The monoisotopic (exact) mass is 458 g/mol. The molecule has 0 radical (unpaired) electrons. The molecule has 2 aromatic carbocycles. The topological polar surface area (TPSA) is 49.4 Å². The van der Waals surface area contributed by atoms with Crippen LogP contribution in [0.5, 0.6) is 0 Å². The number of aryl methyl sites for hydroxylation is 2. The van der Waals surface area contributed by atoms with E-state index in [2.05, 4.69) is 5.32 Å². The molecule has 176 valence electrons. The van der Waals surface area contributed by atoms with Gasteiger partial charge in [-0.2, -0.15) is 13.2 Å². The van der Waals surface area contributed by atoms with E-state index in [9.17, 15) is 22.8 Å². The molecular formula is C26H29F3N2O2. The Hall–Kier alpha value is -2.83. The summed E-state index contributed by atoms with van der Waals surface area (Å²) in [5.41, 5.74) is 1.59. The first-order chi connectivity index (χ1) is 15.7. The van der Waals surface area contributed by atoms with Gasteiger partial charge in [0.15, 0.2) is 0 Å². The Balaban J connectivity index is 1.24. The number of piperidine rings is 1. The molecule has 1 N–H and O–H groups in total. The van der Waals surface area contributed by atoms with Crippen molar-refractivity contribution >= 4 is 11.8 Å². The van der Waals surface area contributed by atoms with Crippen LogP contribution in [0.3, 0.4) is 0 Å². The summed E-state index contributed by atoms with van der Waals surface area (Å²) in [6.07, 6.45) is -0.989. The maximum absolute atomic E-state index is 13.2. The quantitative estimate of drug-likeness (QED) is 0.670. The van der Waals surface area contributed by atoms with Crippen LogP contribution in [-0.2, 0) is 28.7 Å². The Kier molecular flexibility index (Phi) is 6.50. The van der Waals surface area contributed by atoms with E-state index in [0.717, 1.165) is 30.9 Å². The molecule has 4 nitrogen and oxygen atoms in total. The SMILES string of the molecule is Cc1ccc(CCC(=O)N2CCC3(CC2)C[C@@H]3C(=O)NCc2ccccc2C(F)(F)F)cc1. The zero-order chi connectivity index (χ0) is 23.6. The minimum absolute atomic E-state index is 0.0713. The first-order valence-corrected chi connectivity index (χ1v) is 11.4. The Morgan fingerprint density at radius 3 is 2.39 bits per heavy atom. The summed E-state index contributed by atoms with van der Waals surface area (Å²) in [6, 6.07) is 13.5. The van der Waals surface area contributed by atoms with E-state index in [1.807, 2.05) is 36.1 Å². The van der Waals surface area contributed by atoms with E-state index in [0.29, 0.717) is 25.9 Å². The summed E-state index contributed by atoms with van der Waals surface area (Å²) >= 11 is 0. The summed E-state index contributed by atoms with van der Waals surface area (Å²) in [4.78, 5) is 27.1. The average molecular weight is 459 g/mol. The molecule has 1 heterocycles. The predicted molar refractivity (Wildman–Crippen MR) is 119 cm³/mol. The maximum Gasteiger partial charge on any atom is 0.416 e. The van der Waals surface area contributed by atoms with Gasteiger partial charge < -0.3 is 10.2 Å². The van der Waals surface area contributed by atoms with Crippen molar-refractivity contribution in [3.05, 3.63) is 70.8 Å². The standard InChI is InChI=1S/C26H29F3N2O2/c1-18-6-8-19(9-7-18)10-11-23(32)31-14-12-25(13-15-31)16-22(25)24(33)30-17-20-4-2-3-5-21(20)26(27,28)29/h2-9,22H,10-17H2,1H3,(H,30,33)/t22-/m1/s1. The number of nitrogens with one attached hydrogen (secondary N) is 1. The lowest BCUT2D eigenvalue weighted by molar-refractivity contribution is -0.138. The van der Waals surface area contributed by atoms with Gasteiger partial charge in [-0.1, -0.05) is 48.0 Å². The highest BCUT2D eigenvalue weighted by atomic mass is 19.4. The molecule has 2 aliphatic rings. The molecule has 1 aliphatic heterocycles. The summed E-state index contributed by atoms with van der Waals surface area (Å²) < 4.78 is 39.5. The fourth-order valence-electron chi connectivity index (χ4n) is 4.89. The summed E-state index contributed by atoms with van der Waals surface area (Å²) in [6.45, 7) is 3.16. The van der Waals surface area contributed by atoms with Crippen LogP contribution in [0.4, 0.5) is 13.2 Å². The Morgan fingerprint density at radius 1 is 1.06 bits per heavy atom. The lowest BCUT2D eigenvalue weighted by atomic mass is 9.90. The van der Waals surface area contributed by atoms with Crippen LogP contribution in [-0.4, -0.2) is 29.8 Å². The van der Waals surface area contributed by atoms with Crippen molar-refractivity contribution in [1.29, 1.82) is 0 Å². The number of carbonyl (C=O) groups is 2. The zero-order valence-corrected chi connectivity index (χ0v) is 18.8. The molecule has 0 bridgehead atoms. The van der Waals surface area contributed by atoms with E-state index in [1.54, 1.807) is 6.07 Å². The number of hydrogen-bond donors (Lipinski definition) is 1. The van der Waals surface area contributed by atoms with Gasteiger partial charge in [0, 0.05) is 32.0 Å². The van der Waals surface area contributed by atoms with Crippen molar-refractivity contribution in [2.45, 2.75) is 51.7 Å². The van der Waals surface area contributed by atoms with Gasteiger partial charge in [0.05, 0.1) is 5.56 Å². The van der Waals surface area contributed by atoms with Crippen molar-refractivity contribution < 1.29 is 22.8 Å². The van der Waals surface area contributed by atoms with Gasteiger partial charge in [-0.3, -0.25) is 9.59 Å². The summed E-state index contributed by atoms with van der Waals surface area (Å²) in [7, 11) is 0. The van der Waals surface area contributed by atoms with E-state index in [1.165, 1.54) is 17.7 Å². The van der Waals surface area contributed by atoms with Gasteiger partial charge in [-0.05, 0) is 55.2 Å². The van der Waals surface area contributed by atoms with E-state index in [-0.39, 0.29) is 35.3 Å². The number of likely N-dealkylation sites (tertiary alicyclic amines) is 1. The fourth-order valence-corrected chi connectivity index (χ4v) is 4.89. The van der Waals surface area contributed by atoms with E-state index in [4.69, 9.17) is 0 Å². The van der Waals surface area contributed by atoms with Crippen LogP contribution in [0.1, 0.15) is 47.9 Å². The van der Waals surface area contributed by atoms with Gasteiger partial charge in [0.1, 0.15) is 0 Å². The van der Waals surface area contributed by atoms with Gasteiger partial charge in [0.25, 0.3) is 0 Å². The normalized spacial score (nSPS) is 19.4. The molecule has 2 aromatic rings. The molecule has 2 fully saturated rings. The lowest BCUT2D eigenvalue weighted by Gasteiger charge is -2.33. The van der Waals surface area contributed by atoms with Crippen LogP contribution >= 0.6 is 0 Å². The minimum atomic E-state index is -4.44. The smallest absolute Gasteiger partial charge is 0.352 e. The van der Waals surface area contributed by atoms with Gasteiger partial charge in [-0.15, -0.1) is 0 Å². The van der Waals surface area contributed by atoms with Crippen LogP contribution in [0.25, 0.3) is 0 Å². The Labute approximate surface area is 192 Å². The van der Waals surface area contributed by atoms with Crippen molar-refractivity contribution in [1.82, 2.24) is 10.2 Å². The number of benzene rings is 2. The molecule has 1 saturated carbocycles. The second-order valence-electron chi connectivity index (χ2n) is 9.36. The van der Waals surface area contributed by atoms with Crippen LogP contribution in [0.2, 0.25) is 0 Å².